The minimum atomic E-state index is -0.873. The highest BCUT2D eigenvalue weighted by molar-refractivity contribution is 9.10. The van der Waals surface area contributed by atoms with Gasteiger partial charge in [-0.1, -0.05) is 11.6 Å². The van der Waals surface area contributed by atoms with Crippen LogP contribution in [0.5, 0.6) is 0 Å². The minimum Gasteiger partial charge on any atom is -0.465 e. The van der Waals surface area contributed by atoms with E-state index in [-0.39, 0.29) is 25.7 Å². The van der Waals surface area contributed by atoms with Crippen molar-refractivity contribution in [1.29, 1.82) is 0 Å². The van der Waals surface area contributed by atoms with Crippen molar-refractivity contribution >= 4 is 61.9 Å². The Labute approximate surface area is 167 Å². The Bertz CT molecular complexity index is 913. The molecule has 138 valence electrons. The van der Waals surface area contributed by atoms with Crippen LogP contribution in [0.15, 0.2) is 10.5 Å². The summed E-state index contributed by atoms with van der Waals surface area (Å²) in [5.41, 5.74) is 0.158. The van der Waals surface area contributed by atoms with E-state index in [1.54, 1.807) is 6.07 Å². The second kappa shape index (κ2) is 6.35. The van der Waals surface area contributed by atoms with Gasteiger partial charge in [0.1, 0.15) is 11.3 Å². The zero-order chi connectivity index (χ0) is 18.6. The van der Waals surface area contributed by atoms with Crippen LogP contribution in [0.2, 0.25) is 10.3 Å². The number of likely N-dealkylation sites (tertiary alicyclic amines) is 1. The zero-order valence-electron chi connectivity index (χ0n) is 13.5. The van der Waals surface area contributed by atoms with Crippen molar-refractivity contribution < 1.29 is 14.3 Å². The van der Waals surface area contributed by atoms with Crippen molar-refractivity contribution in [1.82, 2.24) is 14.9 Å². The van der Waals surface area contributed by atoms with Crippen LogP contribution in [0.3, 0.4) is 0 Å². The number of hydrogen-bond acceptors (Lipinski definition) is 4. The van der Waals surface area contributed by atoms with Crippen LogP contribution in [0, 0.1) is 11.2 Å². The molecule has 1 aromatic heterocycles. The van der Waals surface area contributed by atoms with Gasteiger partial charge in [-0.15, -0.1) is 0 Å². The number of anilines is 1. The molecule has 2 aliphatic heterocycles. The van der Waals surface area contributed by atoms with Gasteiger partial charge in [-0.05, 0) is 46.4 Å². The predicted molar refractivity (Wildman–Crippen MR) is 101 cm³/mol. The van der Waals surface area contributed by atoms with E-state index >= 15 is 0 Å². The first-order valence-corrected chi connectivity index (χ1v) is 9.58. The molecule has 0 radical (unpaired) electrons. The summed E-state index contributed by atoms with van der Waals surface area (Å²) in [5.74, 6) is -0.0137. The van der Waals surface area contributed by atoms with E-state index in [0.717, 1.165) is 12.8 Å². The number of amides is 1. The van der Waals surface area contributed by atoms with E-state index in [9.17, 15) is 9.18 Å². The van der Waals surface area contributed by atoms with E-state index < -0.39 is 11.9 Å². The van der Waals surface area contributed by atoms with Crippen LogP contribution < -0.4 is 4.90 Å². The number of carboxylic acid groups (broad SMARTS) is 1. The number of fused-ring (bicyclic) bond motifs is 1. The van der Waals surface area contributed by atoms with Crippen LogP contribution >= 0.6 is 39.1 Å². The maximum Gasteiger partial charge on any atom is 0.407 e. The molecule has 10 heteroatoms. The monoisotopic (exact) mass is 462 g/mol. The summed E-state index contributed by atoms with van der Waals surface area (Å²) in [6, 6.07) is 1.63. The van der Waals surface area contributed by atoms with Crippen LogP contribution in [0.25, 0.3) is 10.9 Å². The number of nitrogens with zero attached hydrogens (tertiary/aromatic N) is 4. The topological polar surface area (TPSA) is 69.6 Å². The summed E-state index contributed by atoms with van der Waals surface area (Å²) in [4.78, 5) is 22.8. The van der Waals surface area contributed by atoms with Crippen molar-refractivity contribution in [2.24, 2.45) is 5.41 Å². The lowest BCUT2D eigenvalue weighted by atomic mass is 9.72. The normalized spacial score (nSPS) is 19.1. The molecule has 2 aromatic rings. The number of hydrogen-bond donors (Lipinski definition) is 1. The van der Waals surface area contributed by atoms with Gasteiger partial charge in [0.15, 0.2) is 5.82 Å². The summed E-state index contributed by atoms with van der Waals surface area (Å²) in [5, 5.41) is 9.76. The van der Waals surface area contributed by atoms with E-state index in [1.165, 1.54) is 4.90 Å². The zero-order valence-corrected chi connectivity index (χ0v) is 16.6. The fraction of sp³-hybridized carbons (Fsp3) is 0.438. The second-order valence-corrected chi connectivity index (χ2v) is 8.36. The molecule has 2 saturated heterocycles. The number of piperidine rings is 1. The molecule has 2 aliphatic rings. The van der Waals surface area contributed by atoms with Crippen molar-refractivity contribution in [2.45, 2.75) is 12.8 Å². The third kappa shape index (κ3) is 2.88. The van der Waals surface area contributed by atoms with Gasteiger partial charge < -0.3 is 14.9 Å². The van der Waals surface area contributed by atoms with Gasteiger partial charge >= 0.3 is 6.09 Å². The molecule has 0 unspecified atom stereocenters. The Morgan fingerprint density at radius 2 is 1.92 bits per heavy atom. The van der Waals surface area contributed by atoms with E-state index in [1.807, 2.05) is 4.90 Å². The average molecular weight is 464 g/mol. The highest BCUT2D eigenvalue weighted by Crippen LogP contribution is 2.43. The largest absolute Gasteiger partial charge is 0.465 e. The number of carbonyl (C=O) groups is 1. The molecule has 0 saturated carbocycles. The first-order valence-electron chi connectivity index (χ1n) is 8.03. The lowest BCUT2D eigenvalue weighted by Crippen LogP contribution is -2.61. The fourth-order valence-electron chi connectivity index (χ4n) is 3.78. The molecular weight excluding hydrogens is 450 g/mol. The maximum atomic E-state index is 14.5. The van der Waals surface area contributed by atoms with Gasteiger partial charge in [-0.2, -0.15) is 4.98 Å². The van der Waals surface area contributed by atoms with Crippen molar-refractivity contribution in [3.63, 3.8) is 0 Å². The van der Waals surface area contributed by atoms with Crippen molar-refractivity contribution in [2.75, 3.05) is 31.1 Å². The lowest BCUT2D eigenvalue weighted by molar-refractivity contribution is -0.00640. The van der Waals surface area contributed by atoms with Crippen molar-refractivity contribution in [3.8, 4) is 0 Å². The van der Waals surface area contributed by atoms with E-state index in [4.69, 9.17) is 28.3 Å². The van der Waals surface area contributed by atoms with Crippen LogP contribution in [0.4, 0.5) is 15.0 Å². The van der Waals surface area contributed by atoms with Gasteiger partial charge in [0.2, 0.25) is 5.28 Å². The maximum absolute atomic E-state index is 14.5. The predicted octanol–water partition coefficient (Wildman–Crippen LogP) is 4.42. The van der Waals surface area contributed by atoms with Crippen molar-refractivity contribution in [3.05, 3.63) is 26.7 Å². The van der Waals surface area contributed by atoms with Gasteiger partial charge in [-0.25, -0.2) is 14.2 Å². The molecule has 0 bridgehead atoms. The number of benzene rings is 1. The quantitative estimate of drug-likeness (QED) is 0.500. The van der Waals surface area contributed by atoms with Gasteiger partial charge in [0, 0.05) is 37.0 Å². The molecule has 0 atom stereocenters. The summed E-state index contributed by atoms with van der Waals surface area (Å²) >= 11 is 15.2. The van der Waals surface area contributed by atoms with E-state index in [2.05, 4.69) is 25.9 Å². The third-order valence-corrected chi connectivity index (χ3v) is 6.70. The Kier molecular flexibility index (Phi) is 4.40. The number of aromatic nitrogens is 2. The molecule has 6 nitrogen and oxygen atoms in total. The molecule has 4 rings (SSSR count). The molecular formula is C16H14BrCl2FN4O2. The highest BCUT2D eigenvalue weighted by atomic mass is 79.9. The van der Waals surface area contributed by atoms with Crippen LogP contribution in [-0.2, 0) is 0 Å². The van der Waals surface area contributed by atoms with E-state index in [0.29, 0.717) is 37.4 Å². The van der Waals surface area contributed by atoms with Gasteiger partial charge in [-0.3, -0.25) is 0 Å². The molecule has 1 spiro atoms. The fourth-order valence-corrected chi connectivity index (χ4v) is 4.44. The second-order valence-electron chi connectivity index (χ2n) is 6.82. The standard InChI is InChI=1S/C16H14BrCl2FN4O2/c17-10-9(18)5-8-12(11(10)20)21-14(19)22-13(8)23-3-1-16(2-4-23)6-24(7-16)15(25)26/h5H,1-4,6-7H2,(H,25,26). The Morgan fingerprint density at radius 3 is 2.54 bits per heavy atom. The molecule has 2 fully saturated rings. The summed E-state index contributed by atoms with van der Waals surface area (Å²) in [7, 11) is 0. The molecule has 26 heavy (non-hydrogen) atoms. The average Bonchev–Trinajstić information content (AvgIpc) is 2.58. The Hall–Kier alpha value is -1.38. The number of rotatable bonds is 1. The Morgan fingerprint density at radius 1 is 1.27 bits per heavy atom. The lowest BCUT2D eigenvalue weighted by Gasteiger charge is -2.53. The molecule has 3 heterocycles. The third-order valence-electron chi connectivity index (χ3n) is 5.23. The number of halogens is 4. The van der Waals surface area contributed by atoms with Gasteiger partial charge in [0.25, 0.3) is 0 Å². The first kappa shape index (κ1) is 18.0. The molecule has 0 aliphatic carbocycles. The summed E-state index contributed by atoms with van der Waals surface area (Å²) in [6.07, 6.45) is 0.807. The first-order chi connectivity index (χ1) is 12.3. The molecule has 1 amide bonds. The summed E-state index contributed by atoms with van der Waals surface area (Å²) < 4.78 is 14.7. The molecule has 1 aromatic carbocycles. The summed E-state index contributed by atoms with van der Waals surface area (Å²) in [6.45, 7) is 2.50. The Balaban J connectivity index is 1.63. The SMILES string of the molecule is O=C(O)N1CC2(CCN(c3nc(Cl)nc4c(F)c(Br)c(Cl)cc34)CC2)C1. The smallest absolute Gasteiger partial charge is 0.407 e. The van der Waals surface area contributed by atoms with Gasteiger partial charge in [0.05, 0.1) is 9.50 Å². The van der Waals surface area contributed by atoms with Crippen LogP contribution in [0.1, 0.15) is 12.8 Å². The highest BCUT2D eigenvalue weighted by Gasteiger charge is 2.47. The minimum absolute atomic E-state index is 0.0263. The molecule has 1 N–H and O–H groups in total. The van der Waals surface area contributed by atoms with Crippen LogP contribution in [-0.4, -0.2) is 52.2 Å².